The minimum Gasteiger partial charge on any atom is -0.486 e. The molecular formula is C26H25ClN4O4S2. The molecule has 4 aromatic rings. The van der Waals surface area contributed by atoms with Gasteiger partial charge in [0.1, 0.15) is 22.9 Å². The van der Waals surface area contributed by atoms with Crippen LogP contribution in [0.5, 0.6) is 5.75 Å². The fourth-order valence-electron chi connectivity index (χ4n) is 3.55. The van der Waals surface area contributed by atoms with Gasteiger partial charge in [0, 0.05) is 23.0 Å². The Bertz CT molecular complexity index is 1430. The van der Waals surface area contributed by atoms with Crippen LogP contribution in [0.2, 0.25) is 5.02 Å². The summed E-state index contributed by atoms with van der Waals surface area (Å²) in [6.45, 7) is 4.20. The number of anilines is 1. The van der Waals surface area contributed by atoms with Crippen LogP contribution >= 0.6 is 34.7 Å². The number of aromatic nitrogens is 3. The predicted octanol–water partition coefficient (Wildman–Crippen LogP) is 5.91. The fourth-order valence-corrected chi connectivity index (χ4v) is 5.37. The normalized spacial score (nSPS) is 10.8. The maximum atomic E-state index is 12.8. The smallest absolute Gasteiger partial charge is 0.341 e. The Morgan fingerprint density at radius 2 is 1.86 bits per heavy atom. The first-order valence-corrected chi connectivity index (χ1v) is 13.5. The Labute approximate surface area is 228 Å². The Morgan fingerprint density at radius 3 is 2.59 bits per heavy atom. The first kappa shape index (κ1) is 26.7. The number of ether oxygens (including phenoxy) is 2. The number of thiophene rings is 1. The number of thioether (sulfide) groups is 1. The lowest BCUT2D eigenvalue weighted by atomic mass is 9.97. The van der Waals surface area contributed by atoms with Crippen LogP contribution in [0.25, 0.3) is 11.1 Å². The number of methoxy groups -OCH3 is 1. The molecule has 2 heterocycles. The average molecular weight is 557 g/mol. The van der Waals surface area contributed by atoms with Gasteiger partial charge in [0.15, 0.2) is 11.0 Å². The van der Waals surface area contributed by atoms with Crippen molar-refractivity contribution < 1.29 is 19.1 Å². The van der Waals surface area contributed by atoms with E-state index in [2.05, 4.69) is 15.5 Å². The van der Waals surface area contributed by atoms with Crippen LogP contribution in [-0.4, -0.2) is 39.5 Å². The van der Waals surface area contributed by atoms with Crippen LogP contribution in [0.4, 0.5) is 5.00 Å². The van der Waals surface area contributed by atoms with Crippen molar-refractivity contribution >= 4 is 51.6 Å². The molecule has 2 aromatic carbocycles. The Hall–Kier alpha value is -3.34. The molecule has 0 aliphatic rings. The Morgan fingerprint density at radius 1 is 1.11 bits per heavy atom. The van der Waals surface area contributed by atoms with E-state index in [1.54, 1.807) is 28.8 Å². The minimum atomic E-state index is -0.501. The monoisotopic (exact) mass is 556 g/mol. The number of esters is 1. The second-order valence-electron chi connectivity index (χ2n) is 8.20. The zero-order chi connectivity index (χ0) is 26.5. The van der Waals surface area contributed by atoms with Crippen LogP contribution in [0.15, 0.2) is 53.0 Å². The van der Waals surface area contributed by atoms with Gasteiger partial charge in [0.25, 0.3) is 0 Å². The van der Waals surface area contributed by atoms with E-state index in [-0.39, 0.29) is 18.3 Å². The lowest BCUT2D eigenvalue weighted by Crippen LogP contribution is -2.16. The number of nitrogens with one attached hydrogen (secondary N) is 1. The molecule has 0 aliphatic carbocycles. The SMILES string of the molecule is COC(=O)c1c(-c2cc(C)ccc2C)csc1NC(=O)CSc1nnc(COc2ccc(Cl)cc2)n1C. The summed E-state index contributed by atoms with van der Waals surface area (Å²) >= 11 is 8.43. The topological polar surface area (TPSA) is 95.3 Å². The summed E-state index contributed by atoms with van der Waals surface area (Å²) in [6.07, 6.45) is 0. The van der Waals surface area contributed by atoms with E-state index in [1.165, 1.54) is 30.2 Å². The summed E-state index contributed by atoms with van der Waals surface area (Å²) in [5, 5.41) is 14.7. The maximum absolute atomic E-state index is 12.8. The Kier molecular flexibility index (Phi) is 8.52. The molecule has 0 bridgehead atoms. The van der Waals surface area contributed by atoms with Gasteiger partial charge in [0.2, 0.25) is 5.91 Å². The van der Waals surface area contributed by atoms with E-state index in [1.807, 2.05) is 44.5 Å². The number of benzene rings is 2. The fraction of sp³-hybridized carbons (Fsp3) is 0.231. The van der Waals surface area contributed by atoms with Crippen molar-refractivity contribution in [1.82, 2.24) is 14.8 Å². The van der Waals surface area contributed by atoms with Gasteiger partial charge in [-0.05, 0) is 49.2 Å². The van der Waals surface area contributed by atoms with E-state index in [0.717, 1.165) is 22.3 Å². The van der Waals surface area contributed by atoms with E-state index in [4.69, 9.17) is 21.1 Å². The van der Waals surface area contributed by atoms with Gasteiger partial charge in [-0.25, -0.2) is 4.79 Å². The van der Waals surface area contributed by atoms with Gasteiger partial charge in [-0.3, -0.25) is 4.79 Å². The summed E-state index contributed by atoms with van der Waals surface area (Å²) < 4.78 is 12.5. The quantitative estimate of drug-likeness (QED) is 0.202. The number of carbonyl (C=O) groups excluding carboxylic acids is 2. The molecule has 0 fully saturated rings. The average Bonchev–Trinajstić information content (AvgIpc) is 3.46. The zero-order valence-corrected chi connectivity index (χ0v) is 23.1. The molecule has 37 heavy (non-hydrogen) atoms. The third-order valence-corrected chi connectivity index (χ3v) is 7.72. The van der Waals surface area contributed by atoms with E-state index >= 15 is 0 Å². The van der Waals surface area contributed by atoms with Crippen LogP contribution < -0.4 is 10.1 Å². The molecule has 0 saturated carbocycles. The lowest BCUT2D eigenvalue weighted by molar-refractivity contribution is -0.113. The molecule has 8 nitrogen and oxygen atoms in total. The van der Waals surface area contributed by atoms with Gasteiger partial charge in [-0.2, -0.15) is 0 Å². The molecule has 0 radical (unpaired) electrons. The third kappa shape index (κ3) is 6.33. The highest BCUT2D eigenvalue weighted by Crippen LogP contribution is 2.38. The standard InChI is InChI=1S/C26H25ClN4O4S2/c1-15-5-6-16(2)19(11-15)20-13-36-24(23(20)25(33)34-4)28-22(32)14-37-26-30-29-21(31(26)3)12-35-18-9-7-17(27)8-10-18/h5-11,13H,12,14H2,1-4H3,(H,28,32). The number of halogens is 1. The summed E-state index contributed by atoms with van der Waals surface area (Å²) in [5.41, 5.74) is 4.12. The van der Waals surface area contributed by atoms with Crippen LogP contribution in [-0.2, 0) is 23.2 Å². The first-order chi connectivity index (χ1) is 17.8. The number of rotatable bonds is 9. The number of aryl methyl sites for hydroxylation is 2. The highest BCUT2D eigenvalue weighted by atomic mass is 35.5. The van der Waals surface area contributed by atoms with Crippen molar-refractivity contribution in [1.29, 1.82) is 0 Å². The van der Waals surface area contributed by atoms with Crippen molar-refractivity contribution in [2.24, 2.45) is 7.05 Å². The van der Waals surface area contributed by atoms with Gasteiger partial charge in [0.05, 0.1) is 12.9 Å². The maximum Gasteiger partial charge on any atom is 0.341 e. The summed E-state index contributed by atoms with van der Waals surface area (Å²) in [7, 11) is 3.14. The molecule has 1 N–H and O–H groups in total. The molecule has 0 atom stereocenters. The van der Waals surface area contributed by atoms with Crippen LogP contribution in [0, 0.1) is 13.8 Å². The van der Waals surface area contributed by atoms with Gasteiger partial charge in [-0.1, -0.05) is 47.1 Å². The largest absolute Gasteiger partial charge is 0.486 e. The van der Waals surface area contributed by atoms with E-state index < -0.39 is 5.97 Å². The third-order valence-electron chi connectivity index (χ3n) is 5.56. The molecule has 0 unspecified atom stereocenters. The van der Waals surface area contributed by atoms with Crippen molar-refractivity contribution in [2.45, 2.75) is 25.6 Å². The molecule has 2 aromatic heterocycles. The van der Waals surface area contributed by atoms with E-state index in [9.17, 15) is 9.59 Å². The number of amides is 1. The van der Waals surface area contributed by atoms with Crippen molar-refractivity contribution in [3.63, 3.8) is 0 Å². The molecule has 11 heteroatoms. The molecule has 0 saturated heterocycles. The molecule has 1 amide bonds. The predicted molar refractivity (Wildman–Crippen MR) is 147 cm³/mol. The molecule has 0 aliphatic heterocycles. The van der Waals surface area contributed by atoms with Crippen molar-refractivity contribution in [3.05, 3.63) is 75.4 Å². The zero-order valence-electron chi connectivity index (χ0n) is 20.7. The highest BCUT2D eigenvalue weighted by Gasteiger charge is 2.23. The molecule has 4 rings (SSSR count). The van der Waals surface area contributed by atoms with E-state index in [0.29, 0.717) is 32.3 Å². The van der Waals surface area contributed by atoms with Gasteiger partial charge in [-0.15, -0.1) is 21.5 Å². The second-order valence-corrected chi connectivity index (χ2v) is 10.5. The summed E-state index contributed by atoms with van der Waals surface area (Å²) in [6, 6.07) is 13.1. The van der Waals surface area contributed by atoms with Crippen LogP contribution in [0.3, 0.4) is 0 Å². The number of nitrogens with zero attached hydrogens (tertiary/aromatic N) is 3. The number of hydrogen-bond donors (Lipinski definition) is 1. The van der Waals surface area contributed by atoms with Crippen LogP contribution in [0.1, 0.15) is 27.3 Å². The molecular weight excluding hydrogens is 532 g/mol. The highest BCUT2D eigenvalue weighted by molar-refractivity contribution is 7.99. The van der Waals surface area contributed by atoms with Gasteiger partial charge >= 0.3 is 5.97 Å². The van der Waals surface area contributed by atoms with Crippen molar-refractivity contribution in [3.8, 4) is 16.9 Å². The van der Waals surface area contributed by atoms with Gasteiger partial charge < -0.3 is 19.4 Å². The molecule has 0 spiro atoms. The lowest BCUT2D eigenvalue weighted by Gasteiger charge is -2.10. The summed E-state index contributed by atoms with van der Waals surface area (Å²) in [5.74, 6) is 0.590. The summed E-state index contributed by atoms with van der Waals surface area (Å²) in [4.78, 5) is 25.5. The number of carbonyl (C=O) groups is 2. The molecule has 192 valence electrons. The minimum absolute atomic E-state index is 0.0847. The second kappa shape index (κ2) is 11.8. The number of hydrogen-bond acceptors (Lipinski definition) is 8. The first-order valence-electron chi connectivity index (χ1n) is 11.2. The Balaban J connectivity index is 1.42. The van der Waals surface area contributed by atoms with Crippen molar-refractivity contribution in [2.75, 3.05) is 18.2 Å².